The Balaban J connectivity index is 2.05. The molecule has 0 saturated carbocycles. The van der Waals surface area contributed by atoms with Gasteiger partial charge in [0.15, 0.2) is 0 Å². The number of aliphatic carboxylic acids is 1. The van der Waals surface area contributed by atoms with Crippen LogP contribution in [-0.4, -0.2) is 16.1 Å². The number of oxazole rings is 1. The van der Waals surface area contributed by atoms with E-state index in [1.165, 1.54) is 6.26 Å². The number of hydrogen-bond donors (Lipinski definition) is 2. The van der Waals surface area contributed by atoms with Gasteiger partial charge in [-0.05, 0) is 24.1 Å². The highest BCUT2D eigenvalue weighted by molar-refractivity contribution is 5.66. The topological polar surface area (TPSA) is 89.4 Å². The predicted octanol–water partition coefficient (Wildman–Crippen LogP) is 2.21. The number of aromatic nitrogens is 1. The van der Waals surface area contributed by atoms with E-state index in [0.717, 1.165) is 11.1 Å². The Hall–Kier alpha value is -2.14. The summed E-state index contributed by atoms with van der Waals surface area (Å²) in [5.74, 6) is -0.275. The van der Waals surface area contributed by atoms with Gasteiger partial charge >= 0.3 is 5.97 Å². The largest absolute Gasteiger partial charge is 0.481 e. The summed E-state index contributed by atoms with van der Waals surface area (Å²) < 4.78 is 5.18. The SMILES string of the molecule is NC(CCC(=O)O)c1ccc(-c2ncco2)cc1. The van der Waals surface area contributed by atoms with Crippen LogP contribution in [0.3, 0.4) is 0 Å². The number of nitrogens with two attached hydrogens (primary N) is 1. The first-order chi connectivity index (χ1) is 8.66. The van der Waals surface area contributed by atoms with E-state index in [0.29, 0.717) is 12.3 Å². The van der Waals surface area contributed by atoms with Crippen LogP contribution in [0.4, 0.5) is 0 Å². The summed E-state index contributed by atoms with van der Waals surface area (Å²) in [6, 6.07) is 7.20. The number of benzene rings is 1. The van der Waals surface area contributed by atoms with Crippen molar-refractivity contribution in [2.75, 3.05) is 0 Å². The molecule has 1 aromatic heterocycles. The molecule has 5 heteroatoms. The molecule has 0 amide bonds. The summed E-state index contributed by atoms with van der Waals surface area (Å²) in [6.45, 7) is 0. The Morgan fingerprint density at radius 2 is 2.11 bits per heavy atom. The molecule has 94 valence electrons. The second kappa shape index (κ2) is 5.46. The van der Waals surface area contributed by atoms with Gasteiger partial charge in [0.2, 0.25) is 5.89 Å². The molecule has 0 aliphatic heterocycles. The molecule has 18 heavy (non-hydrogen) atoms. The maximum absolute atomic E-state index is 10.5. The van der Waals surface area contributed by atoms with Crippen molar-refractivity contribution in [2.45, 2.75) is 18.9 Å². The Labute approximate surface area is 104 Å². The molecule has 1 atom stereocenters. The quantitative estimate of drug-likeness (QED) is 0.844. The van der Waals surface area contributed by atoms with Crippen LogP contribution in [0.5, 0.6) is 0 Å². The molecule has 1 aromatic carbocycles. The fourth-order valence-corrected chi connectivity index (χ4v) is 1.68. The number of carboxylic acids is 1. The van der Waals surface area contributed by atoms with Crippen LogP contribution in [-0.2, 0) is 4.79 Å². The van der Waals surface area contributed by atoms with E-state index in [-0.39, 0.29) is 12.5 Å². The average molecular weight is 246 g/mol. The normalized spacial score (nSPS) is 12.3. The Kier molecular flexibility index (Phi) is 3.74. The predicted molar refractivity (Wildman–Crippen MR) is 65.7 cm³/mol. The molecule has 0 aliphatic carbocycles. The molecule has 1 heterocycles. The molecule has 0 bridgehead atoms. The van der Waals surface area contributed by atoms with Gasteiger partial charge in [0, 0.05) is 18.0 Å². The van der Waals surface area contributed by atoms with Gasteiger partial charge in [-0.25, -0.2) is 4.98 Å². The lowest BCUT2D eigenvalue weighted by atomic mass is 10.0. The van der Waals surface area contributed by atoms with Gasteiger partial charge in [-0.15, -0.1) is 0 Å². The lowest BCUT2D eigenvalue weighted by Crippen LogP contribution is -2.12. The average Bonchev–Trinajstić information content (AvgIpc) is 2.90. The maximum atomic E-state index is 10.5. The third kappa shape index (κ3) is 2.95. The smallest absolute Gasteiger partial charge is 0.303 e. The fraction of sp³-hybridized carbons (Fsp3) is 0.231. The minimum atomic E-state index is -0.832. The van der Waals surface area contributed by atoms with Crippen molar-refractivity contribution < 1.29 is 14.3 Å². The second-order valence-electron chi connectivity index (χ2n) is 4.00. The van der Waals surface area contributed by atoms with Crippen molar-refractivity contribution in [2.24, 2.45) is 5.73 Å². The molecule has 2 aromatic rings. The molecule has 0 saturated heterocycles. The highest BCUT2D eigenvalue weighted by Crippen LogP contribution is 2.21. The zero-order valence-electron chi connectivity index (χ0n) is 9.74. The molecular formula is C13H14N2O3. The summed E-state index contributed by atoms with van der Waals surface area (Å²) in [5, 5.41) is 8.60. The maximum Gasteiger partial charge on any atom is 0.303 e. The van der Waals surface area contributed by atoms with Gasteiger partial charge < -0.3 is 15.3 Å². The number of hydrogen-bond acceptors (Lipinski definition) is 4. The molecule has 0 spiro atoms. The zero-order valence-corrected chi connectivity index (χ0v) is 9.74. The fourth-order valence-electron chi connectivity index (χ4n) is 1.68. The standard InChI is InChI=1S/C13H14N2O3/c14-11(5-6-12(16)17)9-1-3-10(4-2-9)13-15-7-8-18-13/h1-4,7-8,11H,5-6,14H2,(H,16,17). The van der Waals surface area contributed by atoms with Crippen molar-refractivity contribution >= 4 is 5.97 Å². The number of nitrogens with zero attached hydrogens (tertiary/aromatic N) is 1. The Morgan fingerprint density at radius 1 is 1.39 bits per heavy atom. The number of carbonyl (C=O) groups is 1. The van der Waals surface area contributed by atoms with Crippen molar-refractivity contribution in [3.63, 3.8) is 0 Å². The molecule has 0 fully saturated rings. The third-order valence-corrected chi connectivity index (χ3v) is 2.69. The Morgan fingerprint density at radius 3 is 2.67 bits per heavy atom. The molecule has 0 aliphatic rings. The molecule has 2 rings (SSSR count). The van der Waals surface area contributed by atoms with E-state index in [9.17, 15) is 4.79 Å². The lowest BCUT2D eigenvalue weighted by molar-refractivity contribution is -0.137. The van der Waals surface area contributed by atoms with Gasteiger partial charge in [0.25, 0.3) is 0 Å². The van der Waals surface area contributed by atoms with Gasteiger partial charge in [-0.3, -0.25) is 4.79 Å². The monoisotopic (exact) mass is 246 g/mol. The molecule has 1 unspecified atom stereocenters. The van der Waals surface area contributed by atoms with Crippen LogP contribution in [0, 0.1) is 0 Å². The van der Waals surface area contributed by atoms with Gasteiger partial charge in [0.1, 0.15) is 6.26 Å². The van der Waals surface area contributed by atoms with Crippen molar-refractivity contribution in [3.05, 3.63) is 42.3 Å². The second-order valence-corrected chi connectivity index (χ2v) is 4.00. The number of rotatable bonds is 5. The zero-order chi connectivity index (χ0) is 13.0. The first kappa shape index (κ1) is 12.3. The van der Waals surface area contributed by atoms with E-state index >= 15 is 0 Å². The van der Waals surface area contributed by atoms with Crippen LogP contribution >= 0.6 is 0 Å². The van der Waals surface area contributed by atoms with Crippen LogP contribution in [0.25, 0.3) is 11.5 Å². The summed E-state index contributed by atoms with van der Waals surface area (Å²) in [4.78, 5) is 14.5. The first-order valence-corrected chi connectivity index (χ1v) is 5.64. The highest BCUT2D eigenvalue weighted by Gasteiger charge is 2.09. The minimum Gasteiger partial charge on any atom is -0.481 e. The highest BCUT2D eigenvalue weighted by atomic mass is 16.4. The van der Waals surface area contributed by atoms with Crippen LogP contribution in [0.1, 0.15) is 24.4 Å². The molecule has 0 radical (unpaired) electrons. The van der Waals surface area contributed by atoms with Crippen molar-refractivity contribution in [3.8, 4) is 11.5 Å². The molecular weight excluding hydrogens is 232 g/mol. The van der Waals surface area contributed by atoms with E-state index < -0.39 is 5.97 Å². The first-order valence-electron chi connectivity index (χ1n) is 5.64. The van der Waals surface area contributed by atoms with E-state index in [4.69, 9.17) is 15.3 Å². The van der Waals surface area contributed by atoms with Crippen LogP contribution < -0.4 is 5.73 Å². The van der Waals surface area contributed by atoms with Crippen LogP contribution in [0.2, 0.25) is 0 Å². The van der Waals surface area contributed by atoms with E-state index in [2.05, 4.69) is 4.98 Å². The number of carboxylic acid groups (broad SMARTS) is 1. The summed E-state index contributed by atoms with van der Waals surface area (Å²) in [7, 11) is 0. The molecule has 5 nitrogen and oxygen atoms in total. The van der Waals surface area contributed by atoms with Crippen LogP contribution in [0.15, 0.2) is 41.1 Å². The minimum absolute atomic E-state index is 0.0721. The van der Waals surface area contributed by atoms with Crippen molar-refractivity contribution in [1.29, 1.82) is 0 Å². The van der Waals surface area contributed by atoms with E-state index in [1.807, 2.05) is 24.3 Å². The third-order valence-electron chi connectivity index (χ3n) is 2.69. The van der Waals surface area contributed by atoms with Gasteiger partial charge in [-0.1, -0.05) is 12.1 Å². The lowest BCUT2D eigenvalue weighted by Gasteiger charge is -2.10. The van der Waals surface area contributed by atoms with E-state index in [1.54, 1.807) is 6.20 Å². The van der Waals surface area contributed by atoms with Crippen molar-refractivity contribution in [1.82, 2.24) is 4.98 Å². The van der Waals surface area contributed by atoms with Gasteiger partial charge in [-0.2, -0.15) is 0 Å². The summed E-state index contributed by atoms with van der Waals surface area (Å²) in [6.07, 6.45) is 3.60. The summed E-state index contributed by atoms with van der Waals surface area (Å²) >= 11 is 0. The van der Waals surface area contributed by atoms with Gasteiger partial charge in [0.05, 0.1) is 6.20 Å². The molecule has 3 N–H and O–H groups in total. The Bertz CT molecular complexity index is 506. The summed E-state index contributed by atoms with van der Waals surface area (Å²) in [5.41, 5.74) is 7.69.